The standard InChI is InChI=1S/C18H17N3O2S/c1-14-12-20-11-8-18(14)16-2-4-17(5-3-16)24(22,23)21-13-15-6-9-19-10-7-15/h2-12,21H,13H2,1H3. The maximum absolute atomic E-state index is 12.4. The highest BCUT2D eigenvalue weighted by atomic mass is 32.2. The van der Waals surface area contributed by atoms with Crippen LogP contribution >= 0.6 is 0 Å². The van der Waals surface area contributed by atoms with Gasteiger partial charge in [0.2, 0.25) is 10.0 Å². The monoisotopic (exact) mass is 339 g/mol. The van der Waals surface area contributed by atoms with Crippen LogP contribution in [-0.2, 0) is 16.6 Å². The van der Waals surface area contributed by atoms with Gasteiger partial charge in [-0.15, -0.1) is 0 Å². The van der Waals surface area contributed by atoms with Crippen LogP contribution < -0.4 is 4.72 Å². The zero-order chi connectivity index (χ0) is 17.0. The second-order valence-electron chi connectivity index (χ2n) is 5.39. The van der Waals surface area contributed by atoms with Gasteiger partial charge in [-0.1, -0.05) is 12.1 Å². The minimum atomic E-state index is -3.55. The second-order valence-corrected chi connectivity index (χ2v) is 7.16. The number of nitrogens with zero attached hydrogens (tertiary/aromatic N) is 2. The normalized spacial score (nSPS) is 11.4. The Labute approximate surface area is 141 Å². The number of hydrogen-bond donors (Lipinski definition) is 1. The van der Waals surface area contributed by atoms with Crippen LogP contribution in [-0.4, -0.2) is 18.4 Å². The van der Waals surface area contributed by atoms with Crippen molar-refractivity contribution in [3.8, 4) is 11.1 Å². The molecule has 0 aliphatic rings. The van der Waals surface area contributed by atoms with Gasteiger partial charge in [-0.2, -0.15) is 0 Å². The van der Waals surface area contributed by atoms with E-state index in [9.17, 15) is 8.42 Å². The van der Waals surface area contributed by atoms with Crippen LogP contribution in [0.5, 0.6) is 0 Å². The van der Waals surface area contributed by atoms with Crippen LogP contribution in [0.4, 0.5) is 0 Å². The van der Waals surface area contributed by atoms with Gasteiger partial charge in [-0.05, 0) is 59.5 Å². The maximum atomic E-state index is 12.4. The Morgan fingerprint density at radius 3 is 2.25 bits per heavy atom. The van der Waals surface area contributed by atoms with E-state index in [-0.39, 0.29) is 11.4 Å². The van der Waals surface area contributed by atoms with Gasteiger partial charge in [0.05, 0.1) is 4.90 Å². The van der Waals surface area contributed by atoms with Crippen LogP contribution in [0.1, 0.15) is 11.1 Å². The summed E-state index contributed by atoms with van der Waals surface area (Å²) in [6.45, 7) is 2.21. The largest absolute Gasteiger partial charge is 0.265 e. The number of nitrogens with one attached hydrogen (secondary N) is 1. The number of hydrogen-bond acceptors (Lipinski definition) is 4. The van der Waals surface area contributed by atoms with Crippen molar-refractivity contribution < 1.29 is 8.42 Å². The molecule has 6 heteroatoms. The van der Waals surface area contributed by atoms with Gasteiger partial charge in [0.1, 0.15) is 0 Å². The van der Waals surface area contributed by atoms with Gasteiger partial charge in [0, 0.05) is 31.3 Å². The van der Waals surface area contributed by atoms with Crippen LogP contribution in [0.25, 0.3) is 11.1 Å². The molecule has 5 nitrogen and oxygen atoms in total. The second kappa shape index (κ2) is 6.90. The average Bonchev–Trinajstić information content (AvgIpc) is 2.62. The maximum Gasteiger partial charge on any atom is 0.240 e. The van der Waals surface area contributed by atoms with Crippen LogP contribution in [0.2, 0.25) is 0 Å². The zero-order valence-corrected chi connectivity index (χ0v) is 14.0. The summed E-state index contributed by atoms with van der Waals surface area (Å²) in [5, 5.41) is 0. The molecule has 2 heterocycles. The van der Waals surface area contributed by atoms with E-state index in [0.717, 1.165) is 22.3 Å². The summed E-state index contributed by atoms with van der Waals surface area (Å²) in [6.07, 6.45) is 6.78. The van der Waals surface area contributed by atoms with Gasteiger partial charge in [0.25, 0.3) is 0 Å². The first-order valence-electron chi connectivity index (χ1n) is 7.46. The van der Waals surface area contributed by atoms with E-state index >= 15 is 0 Å². The van der Waals surface area contributed by atoms with E-state index in [1.165, 1.54) is 0 Å². The summed E-state index contributed by atoms with van der Waals surface area (Å²) in [4.78, 5) is 8.22. The lowest BCUT2D eigenvalue weighted by Crippen LogP contribution is -2.23. The van der Waals surface area contributed by atoms with E-state index < -0.39 is 10.0 Å². The molecule has 0 spiro atoms. The van der Waals surface area contributed by atoms with Crippen LogP contribution in [0.3, 0.4) is 0 Å². The summed E-state index contributed by atoms with van der Waals surface area (Å²) in [6, 6.07) is 12.3. The van der Waals surface area contributed by atoms with Crippen molar-refractivity contribution in [3.63, 3.8) is 0 Å². The summed E-state index contributed by atoms with van der Waals surface area (Å²) >= 11 is 0. The molecule has 0 aliphatic heterocycles. The van der Waals surface area contributed by atoms with Gasteiger partial charge in [-0.25, -0.2) is 13.1 Å². The molecule has 122 valence electrons. The molecule has 0 atom stereocenters. The lowest BCUT2D eigenvalue weighted by atomic mass is 10.0. The quantitative estimate of drug-likeness (QED) is 0.776. The van der Waals surface area contributed by atoms with E-state index in [2.05, 4.69) is 14.7 Å². The fourth-order valence-electron chi connectivity index (χ4n) is 2.37. The Balaban J connectivity index is 1.78. The molecule has 1 aromatic carbocycles. The lowest BCUT2D eigenvalue weighted by molar-refractivity contribution is 0.581. The minimum absolute atomic E-state index is 0.232. The fourth-order valence-corrected chi connectivity index (χ4v) is 3.39. The van der Waals surface area contributed by atoms with Gasteiger partial charge < -0.3 is 0 Å². The number of benzene rings is 1. The SMILES string of the molecule is Cc1cnccc1-c1ccc(S(=O)(=O)NCc2ccncc2)cc1. The first-order chi connectivity index (χ1) is 11.6. The number of pyridine rings is 2. The third-order valence-corrected chi connectivity index (χ3v) is 5.13. The number of aromatic nitrogens is 2. The van der Waals surface area contributed by atoms with Gasteiger partial charge in [-0.3, -0.25) is 9.97 Å². The molecule has 0 saturated heterocycles. The number of rotatable bonds is 5. The first-order valence-corrected chi connectivity index (χ1v) is 8.94. The van der Waals surface area contributed by atoms with Crippen molar-refractivity contribution in [2.24, 2.45) is 0 Å². The van der Waals surface area contributed by atoms with Crippen molar-refractivity contribution in [1.82, 2.24) is 14.7 Å². The Kier molecular flexibility index (Phi) is 4.69. The zero-order valence-electron chi connectivity index (χ0n) is 13.2. The van der Waals surface area contributed by atoms with Crippen molar-refractivity contribution in [2.75, 3.05) is 0 Å². The molecule has 3 rings (SSSR count). The molecule has 24 heavy (non-hydrogen) atoms. The third kappa shape index (κ3) is 3.67. The van der Waals surface area contributed by atoms with Crippen molar-refractivity contribution in [1.29, 1.82) is 0 Å². The Morgan fingerprint density at radius 2 is 1.58 bits per heavy atom. The predicted molar refractivity (Wildman–Crippen MR) is 92.7 cm³/mol. The van der Waals surface area contributed by atoms with E-state index in [1.807, 2.05) is 25.1 Å². The van der Waals surface area contributed by atoms with Gasteiger partial charge >= 0.3 is 0 Å². The van der Waals surface area contributed by atoms with Crippen LogP contribution in [0, 0.1) is 6.92 Å². The molecular weight excluding hydrogens is 322 g/mol. The number of sulfonamides is 1. The highest BCUT2D eigenvalue weighted by molar-refractivity contribution is 7.89. The molecular formula is C18H17N3O2S. The van der Waals surface area contributed by atoms with E-state index in [1.54, 1.807) is 49.1 Å². The summed E-state index contributed by atoms with van der Waals surface area (Å²) in [5.74, 6) is 0. The van der Waals surface area contributed by atoms with E-state index in [4.69, 9.17) is 0 Å². The molecule has 0 saturated carbocycles. The molecule has 3 aromatic rings. The molecule has 0 amide bonds. The van der Waals surface area contributed by atoms with Crippen molar-refractivity contribution >= 4 is 10.0 Å². The molecule has 0 radical (unpaired) electrons. The number of aryl methyl sites for hydroxylation is 1. The highest BCUT2D eigenvalue weighted by Gasteiger charge is 2.14. The summed E-state index contributed by atoms with van der Waals surface area (Å²) < 4.78 is 27.4. The molecule has 0 fully saturated rings. The molecule has 1 N–H and O–H groups in total. The highest BCUT2D eigenvalue weighted by Crippen LogP contribution is 2.23. The average molecular weight is 339 g/mol. The lowest BCUT2D eigenvalue weighted by Gasteiger charge is -2.09. The Hall–Kier alpha value is -2.57. The minimum Gasteiger partial charge on any atom is -0.265 e. The van der Waals surface area contributed by atoms with Gasteiger partial charge in [0.15, 0.2) is 0 Å². The molecule has 0 bridgehead atoms. The molecule has 2 aromatic heterocycles. The summed E-state index contributed by atoms with van der Waals surface area (Å²) in [7, 11) is -3.55. The van der Waals surface area contributed by atoms with Crippen molar-refractivity contribution in [3.05, 3.63) is 78.4 Å². The smallest absolute Gasteiger partial charge is 0.240 e. The summed E-state index contributed by atoms with van der Waals surface area (Å²) in [5.41, 5.74) is 3.91. The van der Waals surface area contributed by atoms with Crippen molar-refractivity contribution in [2.45, 2.75) is 18.4 Å². The third-order valence-electron chi connectivity index (χ3n) is 3.71. The fraction of sp³-hybridized carbons (Fsp3) is 0.111. The van der Waals surface area contributed by atoms with E-state index in [0.29, 0.717) is 0 Å². The van der Waals surface area contributed by atoms with Crippen LogP contribution in [0.15, 0.2) is 72.1 Å². The topological polar surface area (TPSA) is 72.0 Å². The first kappa shape index (κ1) is 16.3. The molecule has 0 aliphatic carbocycles. The Bertz CT molecular complexity index is 924. The Morgan fingerprint density at radius 1 is 0.917 bits per heavy atom. The molecule has 0 unspecified atom stereocenters. The predicted octanol–water partition coefficient (Wildman–Crippen LogP) is 2.93.